The lowest BCUT2D eigenvalue weighted by molar-refractivity contribution is -0.108. The molecular formula is C13H16IN7O2S. The summed E-state index contributed by atoms with van der Waals surface area (Å²) < 4.78 is 5.15. The first-order valence-electron chi connectivity index (χ1n) is 6.93. The van der Waals surface area contributed by atoms with Crippen LogP contribution in [-0.2, 0) is 4.79 Å². The van der Waals surface area contributed by atoms with Crippen LogP contribution in [0.5, 0.6) is 0 Å². The highest BCUT2D eigenvalue weighted by molar-refractivity contribution is 14.1. The Bertz CT molecular complexity index is 752. The van der Waals surface area contributed by atoms with Crippen LogP contribution in [0.1, 0.15) is 22.6 Å². The second kappa shape index (κ2) is 8.30. The van der Waals surface area contributed by atoms with Crippen LogP contribution in [0.2, 0.25) is 0 Å². The van der Waals surface area contributed by atoms with Crippen molar-refractivity contribution in [2.75, 3.05) is 17.2 Å². The van der Waals surface area contributed by atoms with Gasteiger partial charge < -0.3 is 26.9 Å². The molecule has 128 valence electrons. The van der Waals surface area contributed by atoms with Crippen molar-refractivity contribution in [1.82, 2.24) is 14.3 Å². The van der Waals surface area contributed by atoms with E-state index < -0.39 is 11.9 Å². The number of primary amides is 1. The number of aryl methyl sites for hydroxylation is 1. The highest BCUT2D eigenvalue weighted by Gasteiger charge is 2.17. The van der Waals surface area contributed by atoms with E-state index in [0.29, 0.717) is 18.8 Å². The molecule has 2 aromatic heterocycles. The van der Waals surface area contributed by atoms with Gasteiger partial charge in [-0.3, -0.25) is 4.79 Å². The Balaban J connectivity index is 2.32. The third kappa shape index (κ3) is 4.36. The number of hydrogen-bond donors (Lipinski definition) is 4. The third-order valence-corrected chi connectivity index (χ3v) is 5.54. The van der Waals surface area contributed by atoms with Gasteiger partial charge in [-0.1, -0.05) is 0 Å². The topological polar surface area (TPSA) is 149 Å². The second-order valence-corrected chi connectivity index (χ2v) is 6.67. The van der Waals surface area contributed by atoms with Crippen molar-refractivity contribution in [1.29, 1.82) is 0 Å². The number of aldehydes is 1. The molecule has 0 aliphatic heterocycles. The minimum atomic E-state index is -0.707. The zero-order valence-electron chi connectivity index (χ0n) is 12.7. The number of anilines is 3. The number of nitrogens with zero attached hydrogens (tertiary/aromatic N) is 3. The average molecular weight is 461 g/mol. The zero-order valence-corrected chi connectivity index (χ0v) is 15.7. The molecule has 0 radical (unpaired) electrons. The second-order valence-electron chi connectivity index (χ2n) is 4.82. The van der Waals surface area contributed by atoms with E-state index in [9.17, 15) is 9.59 Å². The van der Waals surface area contributed by atoms with Crippen molar-refractivity contribution >= 4 is 63.0 Å². The van der Waals surface area contributed by atoms with Gasteiger partial charge in [0.1, 0.15) is 17.1 Å². The van der Waals surface area contributed by atoms with Gasteiger partial charge in [-0.15, -0.1) is 0 Å². The molecule has 0 aromatic carbocycles. The van der Waals surface area contributed by atoms with Gasteiger partial charge in [0.2, 0.25) is 0 Å². The van der Waals surface area contributed by atoms with Crippen LogP contribution in [-0.4, -0.2) is 39.1 Å². The molecule has 0 fully saturated rings. The number of carbonyl (C=O) groups excluding carboxylic acids is 2. The molecule has 1 amide bonds. The lowest BCUT2D eigenvalue weighted by atomic mass is 10.2. The summed E-state index contributed by atoms with van der Waals surface area (Å²) in [4.78, 5) is 30.9. The van der Waals surface area contributed by atoms with E-state index in [2.05, 4.69) is 47.6 Å². The monoisotopic (exact) mass is 461 g/mol. The summed E-state index contributed by atoms with van der Waals surface area (Å²) in [5, 5.41) is 6.67. The third-order valence-electron chi connectivity index (χ3n) is 3.00. The lowest BCUT2D eigenvalue weighted by Crippen LogP contribution is -2.25. The molecule has 0 bridgehead atoms. The van der Waals surface area contributed by atoms with Crippen LogP contribution >= 0.6 is 34.1 Å². The fourth-order valence-electron chi connectivity index (χ4n) is 1.81. The number of hydrogen-bond acceptors (Lipinski definition) is 9. The first-order valence-corrected chi connectivity index (χ1v) is 8.79. The van der Waals surface area contributed by atoms with E-state index >= 15 is 0 Å². The van der Waals surface area contributed by atoms with Gasteiger partial charge in [-0.05, 0) is 54.0 Å². The molecule has 2 rings (SSSR count). The molecule has 2 aromatic rings. The van der Waals surface area contributed by atoms with Crippen molar-refractivity contribution in [2.24, 2.45) is 11.5 Å². The van der Waals surface area contributed by atoms with E-state index in [1.165, 1.54) is 17.7 Å². The standard InChI is InChI=1S/C13H16IN7O2S/c1-6-9(14)13(24-21-6)20-12-10(11(16)23)17-4-8(19-12)18-7(5-22)2-3-15/h4-5,7H,2-3,15H2,1H3,(H2,16,23)(H2,18,19,20). The lowest BCUT2D eigenvalue weighted by Gasteiger charge is -2.14. The van der Waals surface area contributed by atoms with E-state index in [0.717, 1.165) is 20.6 Å². The number of nitrogens with two attached hydrogens (primary N) is 2. The smallest absolute Gasteiger partial charge is 0.271 e. The summed E-state index contributed by atoms with van der Waals surface area (Å²) in [6, 6.07) is -0.484. The van der Waals surface area contributed by atoms with Crippen LogP contribution in [0.25, 0.3) is 0 Å². The molecule has 0 aliphatic carbocycles. The van der Waals surface area contributed by atoms with Gasteiger partial charge in [0.05, 0.1) is 21.5 Å². The SMILES string of the molecule is Cc1nsc(Nc2nc(NC(C=O)CCN)cnc2C(N)=O)c1I. The van der Waals surface area contributed by atoms with E-state index in [1.54, 1.807) is 0 Å². The average Bonchev–Trinajstić information content (AvgIpc) is 2.86. The molecule has 6 N–H and O–H groups in total. The maximum atomic E-state index is 11.6. The van der Waals surface area contributed by atoms with Crippen LogP contribution in [0.3, 0.4) is 0 Å². The molecular weight excluding hydrogens is 445 g/mol. The fourth-order valence-corrected chi connectivity index (χ4v) is 3.22. The molecule has 0 saturated heterocycles. The Kier molecular flexibility index (Phi) is 6.39. The molecule has 11 heteroatoms. The van der Waals surface area contributed by atoms with Gasteiger partial charge >= 0.3 is 0 Å². The van der Waals surface area contributed by atoms with E-state index in [-0.39, 0.29) is 11.5 Å². The van der Waals surface area contributed by atoms with Gasteiger partial charge in [0.25, 0.3) is 5.91 Å². The molecule has 1 unspecified atom stereocenters. The highest BCUT2D eigenvalue weighted by Crippen LogP contribution is 2.29. The molecule has 9 nitrogen and oxygen atoms in total. The largest absolute Gasteiger partial charge is 0.364 e. The van der Waals surface area contributed by atoms with Crippen molar-refractivity contribution in [3.8, 4) is 0 Å². The van der Waals surface area contributed by atoms with Crippen LogP contribution in [0.15, 0.2) is 6.20 Å². The Morgan fingerprint density at radius 1 is 1.54 bits per heavy atom. The van der Waals surface area contributed by atoms with Gasteiger partial charge in [0.15, 0.2) is 11.5 Å². The minimum Gasteiger partial charge on any atom is -0.364 e. The maximum Gasteiger partial charge on any atom is 0.271 e. The summed E-state index contributed by atoms with van der Waals surface area (Å²) in [5.74, 6) is -0.169. The molecule has 0 spiro atoms. The van der Waals surface area contributed by atoms with Crippen LogP contribution < -0.4 is 22.1 Å². The van der Waals surface area contributed by atoms with Crippen molar-refractivity contribution in [3.05, 3.63) is 21.2 Å². The normalized spacial score (nSPS) is 11.8. The van der Waals surface area contributed by atoms with Gasteiger partial charge in [0, 0.05) is 0 Å². The molecule has 0 aliphatic rings. The Labute approximate surface area is 155 Å². The summed E-state index contributed by atoms with van der Waals surface area (Å²) in [6.45, 7) is 2.23. The number of aromatic nitrogens is 3. The number of rotatable bonds is 8. The highest BCUT2D eigenvalue weighted by atomic mass is 127. The molecule has 2 heterocycles. The van der Waals surface area contributed by atoms with Crippen molar-refractivity contribution < 1.29 is 9.59 Å². The number of carbonyl (C=O) groups is 2. The summed E-state index contributed by atoms with van der Waals surface area (Å²) in [5.41, 5.74) is 11.7. The van der Waals surface area contributed by atoms with Gasteiger partial charge in [-0.2, -0.15) is 4.37 Å². The summed E-state index contributed by atoms with van der Waals surface area (Å²) >= 11 is 3.39. The first kappa shape index (κ1) is 18.5. The number of nitrogens with one attached hydrogen (secondary N) is 2. The zero-order chi connectivity index (χ0) is 17.7. The van der Waals surface area contributed by atoms with Crippen molar-refractivity contribution in [3.63, 3.8) is 0 Å². The maximum absolute atomic E-state index is 11.6. The van der Waals surface area contributed by atoms with Crippen LogP contribution in [0.4, 0.5) is 16.6 Å². The summed E-state index contributed by atoms with van der Waals surface area (Å²) in [6.07, 6.45) is 2.55. The fraction of sp³-hybridized carbons (Fsp3) is 0.308. The Morgan fingerprint density at radius 3 is 2.83 bits per heavy atom. The number of amides is 1. The van der Waals surface area contributed by atoms with E-state index in [1.807, 2.05) is 6.92 Å². The number of halogens is 1. The molecule has 0 saturated carbocycles. The predicted octanol–water partition coefficient (Wildman–Crippen LogP) is 1.02. The molecule has 24 heavy (non-hydrogen) atoms. The quantitative estimate of drug-likeness (QED) is 0.336. The Hall–Kier alpha value is -1.86. The summed E-state index contributed by atoms with van der Waals surface area (Å²) in [7, 11) is 0. The Morgan fingerprint density at radius 2 is 2.29 bits per heavy atom. The van der Waals surface area contributed by atoms with Gasteiger partial charge in [-0.25, -0.2) is 9.97 Å². The predicted molar refractivity (Wildman–Crippen MR) is 101 cm³/mol. The minimum absolute atomic E-state index is 0.00359. The molecule has 1 atom stereocenters. The van der Waals surface area contributed by atoms with Crippen molar-refractivity contribution in [2.45, 2.75) is 19.4 Å². The van der Waals surface area contributed by atoms with Crippen LogP contribution in [0, 0.1) is 10.5 Å². The van der Waals surface area contributed by atoms with E-state index in [4.69, 9.17) is 11.5 Å². The first-order chi connectivity index (χ1) is 11.5.